The summed E-state index contributed by atoms with van der Waals surface area (Å²) in [7, 11) is 0. The Morgan fingerprint density at radius 2 is 1.90 bits per heavy atom. The Bertz CT molecular complexity index is 629. The van der Waals surface area contributed by atoms with Gasteiger partial charge in [-0.05, 0) is 47.9 Å². The van der Waals surface area contributed by atoms with E-state index in [1.165, 1.54) is 0 Å². The van der Waals surface area contributed by atoms with E-state index in [0.717, 1.165) is 40.2 Å². The molecule has 0 aliphatic heterocycles. The lowest BCUT2D eigenvalue weighted by Gasteiger charge is -2.11. The van der Waals surface area contributed by atoms with Gasteiger partial charge in [-0.3, -0.25) is 0 Å². The number of para-hydroxylation sites is 1. The van der Waals surface area contributed by atoms with Crippen molar-refractivity contribution in [1.29, 1.82) is 0 Å². The van der Waals surface area contributed by atoms with E-state index in [0.29, 0.717) is 0 Å². The van der Waals surface area contributed by atoms with E-state index in [4.69, 9.17) is 0 Å². The topological polar surface area (TPSA) is 12.0 Å². The fourth-order valence-corrected chi connectivity index (χ4v) is 2.32. The number of unbranched alkanes of at least 4 members (excludes halogenated alkanes) is 1. The zero-order valence-electron chi connectivity index (χ0n) is 12.3. The molecule has 21 heavy (non-hydrogen) atoms. The first kappa shape index (κ1) is 15.5. The van der Waals surface area contributed by atoms with Gasteiger partial charge in [0.25, 0.3) is 0 Å². The van der Waals surface area contributed by atoms with Crippen molar-refractivity contribution >= 4 is 29.6 Å². The van der Waals surface area contributed by atoms with Gasteiger partial charge in [0.05, 0.1) is 0 Å². The molecule has 0 bridgehead atoms. The van der Waals surface area contributed by atoms with Crippen molar-refractivity contribution in [3.05, 3.63) is 72.8 Å². The zero-order valence-corrected chi connectivity index (χ0v) is 13.2. The normalized spacial score (nSPS) is 10.8. The molecule has 1 N–H and O–H groups in total. The van der Waals surface area contributed by atoms with E-state index in [9.17, 15) is 0 Å². The maximum atomic E-state index is 4.53. The molecule has 0 fully saturated rings. The van der Waals surface area contributed by atoms with E-state index < -0.39 is 0 Å². The van der Waals surface area contributed by atoms with Crippen LogP contribution < -0.4 is 5.32 Å². The van der Waals surface area contributed by atoms with E-state index in [1.54, 1.807) is 0 Å². The van der Waals surface area contributed by atoms with Crippen molar-refractivity contribution in [2.24, 2.45) is 0 Å². The molecule has 0 aliphatic carbocycles. The summed E-state index contributed by atoms with van der Waals surface area (Å²) in [5.41, 5.74) is 4.17. The van der Waals surface area contributed by atoms with Crippen LogP contribution in [0.3, 0.4) is 0 Å². The zero-order chi connectivity index (χ0) is 15.1. The Kier molecular flexibility index (Phi) is 5.70. The second kappa shape index (κ2) is 7.75. The molecule has 0 saturated heterocycles. The smallest absolute Gasteiger partial charge is 0.0391 e. The van der Waals surface area contributed by atoms with Gasteiger partial charge in [-0.2, -0.15) is 0 Å². The maximum Gasteiger partial charge on any atom is 0.0391 e. The first-order chi connectivity index (χ1) is 10.2. The highest BCUT2D eigenvalue weighted by atomic mass is 32.1. The van der Waals surface area contributed by atoms with Gasteiger partial charge in [-0.15, -0.1) is 12.6 Å². The highest BCUT2D eigenvalue weighted by molar-refractivity contribution is 7.80. The largest absolute Gasteiger partial charge is 0.356 e. The number of rotatable bonds is 6. The molecule has 108 valence electrons. The molecule has 0 unspecified atom stereocenters. The molecule has 2 aromatic carbocycles. The summed E-state index contributed by atoms with van der Waals surface area (Å²) in [6.07, 6.45) is 6.45. The third kappa shape index (κ3) is 4.54. The lowest BCUT2D eigenvalue weighted by Crippen LogP contribution is -1.92. The van der Waals surface area contributed by atoms with Crippen LogP contribution >= 0.6 is 12.6 Å². The fourth-order valence-electron chi connectivity index (χ4n) is 2.04. The molecular weight excluding hydrogens is 274 g/mol. The fraction of sp³-hybridized carbons (Fsp3) is 0.158. The predicted molar refractivity (Wildman–Crippen MR) is 96.5 cm³/mol. The molecule has 2 rings (SSSR count). The molecule has 0 saturated carbocycles. The van der Waals surface area contributed by atoms with Gasteiger partial charge in [-0.25, -0.2) is 0 Å². The Morgan fingerprint density at radius 3 is 2.62 bits per heavy atom. The predicted octanol–water partition coefficient (Wildman–Crippen LogP) is 6.09. The Balaban J connectivity index is 2.19. The van der Waals surface area contributed by atoms with E-state index in [1.807, 2.05) is 42.5 Å². The molecule has 0 radical (unpaired) electrons. The Hall–Kier alpha value is -1.93. The van der Waals surface area contributed by atoms with Crippen LogP contribution in [0.2, 0.25) is 0 Å². The monoisotopic (exact) mass is 295 g/mol. The molecule has 0 amide bonds. The number of allylic oxidation sites excluding steroid dienone is 3. The minimum absolute atomic E-state index is 0.944. The minimum atomic E-state index is 0.944. The lowest BCUT2D eigenvalue weighted by atomic mass is 10.1. The molecule has 0 spiro atoms. The van der Waals surface area contributed by atoms with E-state index in [2.05, 4.69) is 49.7 Å². The molecule has 0 atom stereocenters. The van der Waals surface area contributed by atoms with Crippen molar-refractivity contribution in [1.82, 2.24) is 0 Å². The number of anilines is 2. The van der Waals surface area contributed by atoms with E-state index >= 15 is 0 Å². The number of thiol groups is 1. The quantitative estimate of drug-likeness (QED) is 0.485. The number of nitrogens with one attached hydrogen (secondary N) is 1. The number of hydrogen-bond acceptors (Lipinski definition) is 2. The van der Waals surface area contributed by atoms with Crippen LogP contribution in [0, 0.1) is 0 Å². The second-order valence-electron chi connectivity index (χ2n) is 4.94. The third-order valence-corrected chi connectivity index (χ3v) is 3.57. The molecule has 2 aromatic rings. The third-order valence-electron chi connectivity index (χ3n) is 3.18. The first-order valence-corrected chi connectivity index (χ1v) is 7.66. The van der Waals surface area contributed by atoms with Gasteiger partial charge in [0.15, 0.2) is 0 Å². The maximum absolute atomic E-state index is 4.53. The molecule has 2 heteroatoms. The SMILES string of the molecule is C=C(/C=C\CCC)c1cc(Nc2ccccc2)ccc1S. The summed E-state index contributed by atoms with van der Waals surface area (Å²) in [5, 5.41) is 3.39. The summed E-state index contributed by atoms with van der Waals surface area (Å²) in [6, 6.07) is 16.3. The van der Waals surface area contributed by atoms with Crippen LogP contribution in [0.25, 0.3) is 5.57 Å². The summed E-state index contributed by atoms with van der Waals surface area (Å²) in [6.45, 7) is 6.31. The molecule has 1 nitrogen and oxygen atoms in total. The summed E-state index contributed by atoms with van der Waals surface area (Å²) in [5.74, 6) is 0. The van der Waals surface area contributed by atoms with Crippen molar-refractivity contribution in [3.63, 3.8) is 0 Å². The van der Waals surface area contributed by atoms with E-state index in [-0.39, 0.29) is 0 Å². The summed E-state index contributed by atoms with van der Waals surface area (Å²) in [4.78, 5) is 0.944. The van der Waals surface area contributed by atoms with Crippen LogP contribution in [0.15, 0.2) is 72.2 Å². The lowest BCUT2D eigenvalue weighted by molar-refractivity contribution is 0.959. The van der Waals surface area contributed by atoms with Crippen LogP contribution in [-0.2, 0) is 0 Å². The highest BCUT2D eigenvalue weighted by Gasteiger charge is 2.03. The van der Waals surface area contributed by atoms with Gasteiger partial charge in [0.2, 0.25) is 0 Å². The van der Waals surface area contributed by atoms with Gasteiger partial charge in [0, 0.05) is 16.3 Å². The van der Waals surface area contributed by atoms with Gasteiger partial charge in [0.1, 0.15) is 0 Å². The molecule has 0 aromatic heterocycles. The summed E-state index contributed by atoms with van der Waals surface area (Å²) < 4.78 is 0. The molecule has 0 heterocycles. The van der Waals surface area contributed by atoms with Gasteiger partial charge < -0.3 is 5.32 Å². The van der Waals surface area contributed by atoms with Crippen LogP contribution in [-0.4, -0.2) is 0 Å². The Labute approximate surface area is 132 Å². The van der Waals surface area contributed by atoms with Crippen molar-refractivity contribution < 1.29 is 0 Å². The van der Waals surface area contributed by atoms with Crippen molar-refractivity contribution in [2.45, 2.75) is 24.7 Å². The average Bonchev–Trinajstić information content (AvgIpc) is 2.50. The average molecular weight is 295 g/mol. The summed E-state index contributed by atoms with van der Waals surface area (Å²) >= 11 is 4.53. The van der Waals surface area contributed by atoms with Crippen molar-refractivity contribution in [2.75, 3.05) is 5.32 Å². The first-order valence-electron chi connectivity index (χ1n) is 7.21. The van der Waals surface area contributed by atoms with Crippen LogP contribution in [0.5, 0.6) is 0 Å². The highest BCUT2D eigenvalue weighted by Crippen LogP contribution is 2.27. The standard InChI is InChI=1S/C19H21NS/c1-3-4-6-9-15(2)18-14-17(12-13-19(18)21)20-16-10-7-5-8-11-16/h5-14,20-21H,2-4H2,1H3/b9-6-. The van der Waals surface area contributed by atoms with Crippen LogP contribution in [0.1, 0.15) is 25.3 Å². The molecule has 0 aliphatic rings. The minimum Gasteiger partial charge on any atom is -0.356 e. The van der Waals surface area contributed by atoms with Crippen LogP contribution in [0.4, 0.5) is 11.4 Å². The van der Waals surface area contributed by atoms with Crippen molar-refractivity contribution in [3.8, 4) is 0 Å². The number of hydrogen-bond donors (Lipinski definition) is 2. The molecular formula is C19H21NS. The van der Waals surface area contributed by atoms with Gasteiger partial charge >= 0.3 is 0 Å². The Morgan fingerprint density at radius 1 is 1.14 bits per heavy atom. The number of benzene rings is 2. The second-order valence-corrected chi connectivity index (χ2v) is 5.42. The van der Waals surface area contributed by atoms with Gasteiger partial charge in [-0.1, -0.05) is 50.3 Å².